The van der Waals surface area contributed by atoms with Gasteiger partial charge in [0.05, 0.1) is 18.8 Å². The van der Waals surface area contributed by atoms with E-state index < -0.39 is 5.97 Å². The summed E-state index contributed by atoms with van der Waals surface area (Å²) in [4.78, 5) is 24.8. The van der Waals surface area contributed by atoms with Gasteiger partial charge in [-0.15, -0.1) is 0 Å². The smallest absolute Gasteiger partial charge is 0.338 e. The lowest BCUT2D eigenvalue weighted by atomic mass is 10.1. The van der Waals surface area contributed by atoms with Crippen molar-refractivity contribution in [2.24, 2.45) is 0 Å². The lowest BCUT2D eigenvalue weighted by molar-refractivity contribution is 0.0474. The number of benzene rings is 2. The topological polar surface area (TPSA) is 80.3 Å². The number of hydrogen-bond acceptors (Lipinski definition) is 7. The van der Waals surface area contributed by atoms with Gasteiger partial charge in [-0.2, -0.15) is 0 Å². The molecule has 1 heterocycles. The number of carbonyl (C=O) groups is 2. The Hall–Kier alpha value is -3.22. The second-order valence-corrected chi connectivity index (χ2v) is 6.30. The summed E-state index contributed by atoms with van der Waals surface area (Å²) in [6.07, 6.45) is 0.858. The Balaban J connectivity index is 1.64. The fourth-order valence-electron chi connectivity index (χ4n) is 2.75. The van der Waals surface area contributed by atoms with E-state index in [0.29, 0.717) is 55.0 Å². The van der Waals surface area contributed by atoms with Crippen LogP contribution in [-0.2, 0) is 4.74 Å². The minimum Gasteiger partial charge on any atom is -0.490 e. The van der Waals surface area contributed by atoms with Gasteiger partial charge in [0.25, 0.3) is 0 Å². The largest absolute Gasteiger partial charge is 0.490 e. The second-order valence-electron chi connectivity index (χ2n) is 6.30. The van der Waals surface area contributed by atoms with Crippen LogP contribution in [-0.4, -0.2) is 44.8 Å². The first-order valence-electron chi connectivity index (χ1n) is 9.62. The number of Topliss-reactive ketones (excluding diaryl/α,β-unsaturated/α-hetero) is 1. The monoisotopic (exact) mass is 400 g/mol. The number of rotatable bonds is 9. The van der Waals surface area contributed by atoms with E-state index in [4.69, 9.17) is 23.7 Å². The van der Waals surface area contributed by atoms with Crippen LogP contribution < -0.4 is 18.9 Å². The van der Waals surface area contributed by atoms with Gasteiger partial charge < -0.3 is 23.7 Å². The molecule has 0 saturated heterocycles. The summed E-state index contributed by atoms with van der Waals surface area (Å²) in [5, 5.41) is 0. The summed E-state index contributed by atoms with van der Waals surface area (Å²) in [7, 11) is 0. The Kier molecular flexibility index (Phi) is 6.94. The van der Waals surface area contributed by atoms with Gasteiger partial charge in [-0.25, -0.2) is 4.79 Å². The van der Waals surface area contributed by atoms with Gasteiger partial charge in [-0.05, 0) is 49.7 Å². The number of carbonyl (C=O) groups excluding carboxylic acids is 2. The van der Waals surface area contributed by atoms with Crippen molar-refractivity contribution in [3.63, 3.8) is 0 Å². The van der Waals surface area contributed by atoms with Crippen molar-refractivity contribution in [3.8, 4) is 23.0 Å². The third-order valence-electron chi connectivity index (χ3n) is 4.14. The molecule has 0 fully saturated rings. The maximum Gasteiger partial charge on any atom is 0.338 e. The molecule has 1 aliphatic rings. The summed E-state index contributed by atoms with van der Waals surface area (Å²) in [6, 6.07) is 9.71. The van der Waals surface area contributed by atoms with Crippen molar-refractivity contribution in [2.45, 2.75) is 20.3 Å². The third kappa shape index (κ3) is 5.19. The highest BCUT2D eigenvalue weighted by Gasteiger charge is 2.18. The zero-order valence-corrected chi connectivity index (χ0v) is 16.6. The fraction of sp³-hybridized carbons (Fsp3) is 0.364. The van der Waals surface area contributed by atoms with Crippen molar-refractivity contribution in [1.82, 2.24) is 0 Å². The Labute approximate surface area is 169 Å². The SMILES string of the molecule is CCCOc1ccc(C(=O)OCC(=O)c2ccc3c(c2)OCCO3)cc1OCC. The molecule has 2 aromatic carbocycles. The van der Waals surface area contributed by atoms with E-state index in [-0.39, 0.29) is 18.0 Å². The highest BCUT2D eigenvalue weighted by atomic mass is 16.6. The van der Waals surface area contributed by atoms with Crippen LogP contribution in [0.4, 0.5) is 0 Å². The number of hydrogen-bond donors (Lipinski definition) is 0. The molecule has 0 aliphatic carbocycles. The van der Waals surface area contributed by atoms with Crippen LogP contribution in [0, 0.1) is 0 Å². The zero-order chi connectivity index (χ0) is 20.6. The van der Waals surface area contributed by atoms with Gasteiger partial charge in [0, 0.05) is 5.56 Å². The van der Waals surface area contributed by atoms with Crippen molar-refractivity contribution < 1.29 is 33.3 Å². The lowest BCUT2D eigenvalue weighted by Crippen LogP contribution is -2.17. The Morgan fingerprint density at radius 3 is 2.41 bits per heavy atom. The average molecular weight is 400 g/mol. The lowest BCUT2D eigenvalue weighted by Gasteiger charge is -2.18. The van der Waals surface area contributed by atoms with Crippen molar-refractivity contribution in [2.75, 3.05) is 33.0 Å². The van der Waals surface area contributed by atoms with Crippen LogP contribution in [0.2, 0.25) is 0 Å². The molecule has 0 saturated carbocycles. The standard InChI is InChI=1S/C22H24O7/c1-3-9-26-18-8-6-16(13-20(18)25-4-2)22(24)29-14-17(23)15-5-7-19-21(12-15)28-11-10-27-19/h5-8,12-13H,3-4,9-11,14H2,1-2H3. The number of esters is 1. The molecule has 0 radical (unpaired) electrons. The molecule has 7 nitrogen and oxygen atoms in total. The molecule has 29 heavy (non-hydrogen) atoms. The van der Waals surface area contributed by atoms with E-state index >= 15 is 0 Å². The second kappa shape index (κ2) is 9.82. The number of ether oxygens (including phenoxy) is 5. The minimum absolute atomic E-state index is 0.285. The van der Waals surface area contributed by atoms with Crippen LogP contribution in [0.1, 0.15) is 41.0 Å². The van der Waals surface area contributed by atoms with E-state index in [1.54, 1.807) is 36.4 Å². The third-order valence-corrected chi connectivity index (χ3v) is 4.14. The van der Waals surface area contributed by atoms with Crippen LogP contribution in [0.25, 0.3) is 0 Å². The van der Waals surface area contributed by atoms with Gasteiger partial charge in [0.2, 0.25) is 0 Å². The van der Waals surface area contributed by atoms with Gasteiger partial charge >= 0.3 is 5.97 Å². The van der Waals surface area contributed by atoms with Crippen molar-refractivity contribution in [1.29, 1.82) is 0 Å². The molecule has 0 atom stereocenters. The predicted octanol–water partition coefficient (Wildman–Crippen LogP) is 3.69. The number of fused-ring (bicyclic) bond motifs is 1. The molecular formula is C22H24O7. The van der Waals surface area contributed by atoms with E-state index in [1.165, 1.54) is 0 Å². The highest BCUT2D eigenvalue weighted by molar-refractivity contribution is 6.00. The van der Waals surface area contributed by atoms with Gasteiger partial charge in [0.15, 0.2) is 35.4 Å². The van der Waals surface area contributed by atoms with Gasteiger partial charge in [-0.3, -0.25) is 4.79 Å². The van der Waals surface area contributed by atoms with Gasteiger partial charge in [-0.1, -0.05) is 6.92 Å². The summed E-state index contributed by atoms with van der Waals surface area (Å²) in [5.41, 5.74) is 0.674. The highest BCUT2D eigenvalue weighted by Crippen LogP contribution is 2.31. The van der Waals surface area contributed by atoms with Crippen molar-refractivity contribution in [3.05, 3.63) is 47.5 Å². The van der Waals surface area contributed by atoms with E-state index in [0.717, 1.165) is 6.42 Å². The van der Waals surface area contributed by atoms with E-state index in [9.17, 15) is 9.59 Å². The molecule has 0 N–H and O–H groups in total. The summed E-state index contributed by atoms with van der Waals surface area (Å²) in [6.45, 7) is 5.36. The quantitative estimate of drug-likeness (QED) is 0.469. The van der Waals surface area contributed by atoms with Crippen molar-refractivity contribution >= 4 is 11.8 Å². The zero-order valence-electron chi connectivity index (χ0n) is 16.6. The molecule has 7 heteroatoms. The summed E-state index contributed by atoms with van der Waals surface area (Å²) >= 11 is 0. The van der Waals surface area contributed by atoms with E-state index in [1.807, 2.05) is 13.8 Å². The molecule has 0 aromatic heterocycles. The Morgan fingerprint density at radius 1 is 0.897 bits per heavy atom. The fourth-order valence-corrected chi connectivity index (χ4v) is 2.75. The number of ketones is 1. The molecular weight excluding hydrogens is 376 g/mol. The maximum absolute atomic E-state index is 12.4. The predicted molar refractivity (Wildman–Crippen MR) is 105 cm³/mol. The average Bonchev–Trinajstić information content (AvgIpc) is 2.76. The maximum atomic E-state index is 12.4. The van der Waals surface area contributed by atoms with Crippen LogP contribution in [0.3, 0.4) is 0 Å². The Bertz CT molecular complexity index is 875. The van der Waals surface area contributed by atoms with Crippen LogP contribution >= 0.6 is 0 Å². The molecule has 0 amide bonds. The van der Waals surface area contributed by atoms with E-state index in [2.05, 4.69) is 0 Å². The molecule has 0 bridgehead atoms. The first-order chi connectivity index (χ1) is 14.1. The first-order valence-corrected chi connectivity index (χ1v) is 9.62. The first kappa shape index (κ1) is 20.5. The van der Waals surface area contributed by atoms with Crippen LogP contribution in [0.15, 0.2) is 36.4 Å². The molecule has 2 aromatic rings. The molecule has 3 rings (SSSR count). The molecule has 0 spiro atoms. The molecule has 154 valence electrons. The molecule has 1 aliphatic heterocycles. The Morgan fingerprint density at radius 2 is 1.66 bits per heavy atom. The minimum atomic E-state index is -0.612. The molecule has 0 unspecified atom stereocenters. The summed E-state index contributed by atoms with van der Waals surface area (Å²) in [5.74, 6) is 1.20. The van der Waals surface area contributed by atoms with Crippen LogP contribution in [0.5, 0.6) is 23.0 Å². The normalized spacial score (nSPS) is 12.2. The van der Waals surface area contributed by atoms with Gasteiger partial charge in [0.1, 0.15) is 13.2 Å². The summed E-state index contributed by atoms with van der Waals surface area (Å²) < 4.78 is 27.3.